The van der Waals surface area contributed by atoms with Crippen LogP contribution in [-0.4, -0.2) is 61.7 Å². The molecule has 0 aromatic rings. The Morgan fingerprint density at radius 2 is 1.80 bits per heavy atom. The fraction of sp³-hybridized carbons (Fsp3) is 0.700. The molecule has 0 aromatic carbocycles. The van der Waals surface area contributed by atoms with Crippen LogP contribution < -0.4 is 0 Å². The normalized spacial score (nSPS) is 18.6. The Labute approximate surface area is 90.3 Å². The van der Waals surface area contributed by atoms with Crippen molar-refractivity contribution in [2.75, 3.05) is 13.2 Å². The zero-order valence-corrected chi connectivity index (χ0v) is 9.08. The van der Waals surface area contributed by atoms with Crippen molar-refractivity contribution in [3.63, 3.8) is 0 Å². The Morgan fingerprint density at radius 1 is 1.20 bits per heavy atom. The first-order valence-electron chi connectivity index (χ1n) is 4.75. The first-order valence-corrected chi connectivity index (χ1v) is 4.75. The van der Waals surface area contributed by atoms with Crippen LogP contribution in [0.3, 0.4) is 0 Å². The topological polar surface area (TPSA) is 77.5 Å². The molecule has 0 heterocycles. The van der Waals surface area contributed by atoms with Crippen molar-refractivity contribution >= 4 is 20.2 Å². The summed E-state index contributed by atoms with van der Waals surface area (Å²) in [5, 5.41) is 18.8. The van der Waals surface area contributed by atoms with Crippen LogP contribution in [-0.2, 0) is 0 Å². The summed E-state index contributed by atoms with van der Waals surface area (Å²) in [6.07, 6.45) is -0.887. The summed E-state index contributed by atoms with van der Waals surface area (Å²) < 4.78 is 0. The predicted octanol–water partition coefficient (Wildman–Crippen LogP) is -0.185. The maximum Gasteiger partial charge on any atom is 0.101 e. The molecule has 0 amide bonds. The van der Waals surface area contributed by atoms with Crippen LogP contribution in [0.25, 0.3) is 0 Å². The highest BCUT2D eigenvalue weighted by atomic mass is 16.3. The molecule has 0 aliphatic carbocycles. The molecule has 0 aliphatic heterocycles. The lowest BCUT2D eigenvalue weighted by atomic mass is 9.93. The van der Waals surface area contributed by atoms with Crippen LogP contribution in [0.4, 0.5) is 0 Å². The van der Waals surface area contributed by atoms with Gasteiger partial charge in [0, 0.05) is 12.5 Å². The highest BCUT2D eigenvalue weighted by molar-refractivity contribution is 5.27. The summed E-state index contributed by atoms with van der Waals surface area (Å²) in [6.45, 7) is 12.2. The Morgan fingerprint density at radius 3 is 2.13 bits per heavy atom. The van der Waals surface area contributed by atoms with Crippen LogP contribution in [0, 0.1) is 5.92 Å². The summed E-state index contributed by atoms with van der Waals surface area (Å²) >= 11 is 0. The summed E-state index contributed by atoms with van der Waals surface area (Å²) in [6, 6.07) is -1.05. The fourth-order valence-electron chi connectivity index (χ4n) is 1.44. The van der Waals surface area contributed by atoms with E-state index in [0.29, 0.717) is 6.54 Å². The third-order valence-electron chi connectivity index (χ3n) is 2.38. The van der Waals surface area contributed by atoms with E-state index < -0.39 is 18.2 Å². The second kappa shape index (κ2) is 7.25. The number of hydrogen-bond acceptors (Lipinski definition) is 5. The van der Waals surface area contributed by atoms with Crippen molar-refractivity contribution < 1.29 is 10.2 Å². The smallest absolute Gasteiger partial charge is 0.101 e. The van der Waals surface area contributed by atoms with Gasteiger partial charge in [0.25, 0.3) is 0 Å². The molecule has 0 fully saturated rings. The minimum Gasteiger partial charge on any atom is -0.394 e. The molecule has 4 atom stereocenters. The quantitative estimate of drug-likeness (QED) is 0.548. The first kappa shape index (κ1) is 13.9. The molecule has 15 heavy (non-hydrogen) atoms. The molecule has 86 valence electrons. The van der Waals surface area contributed by atoms with Gasteiger partial charge in [-0.2, -0.15) is 0 Å². The Bertz CT molecular complexity index is 221. The van der Waals surface area contributed by atoms with Crippen molar-refractivity contribution in [1.29, 1.82) is 0 Å². The van der Waals surface area contributed by atoms with Crippen molar-refractivity contribution in [1.82, 2.24) is 0 Å². The Kier molecular flexibility index (Phi) is 6.73. The predicted molar refractivity (Wildman–Crippen MR) is 63.3 cm³/mol. The highest BCUT2D eigenvalue weighted by Gasteiger charge is 2.29. The molecule has 2 N–H and O–H groups in total. The molecule has 0 aliphatic rings. The van der Waals surface area contributed by atoms with E-state index in [1.54, 1.807) is 0 Å². The third-order valence-corrected chi connectivity index (χ3v) is 2.38. The Hall–Kier alpha value is -1.07. The van der Waals surface area contributed by atoms with Crippen molar-refractivity contribution in [3.05, 3.63) is 0 Å². The molecule has 5 heteroatoms. The number of aliphatic hydroxyl groups is 2. The zero-order chi connectivity index (χ0) is 11.8. The standard InChI is InChI=1S/C10H19N3O2/c1-7(5-11-2)9(13-4)10(15)8(6-14)12-3/h7-10,14-15H,2-6H2,1H3/t7-,8+,9-,10-/m1/s1. The third kappa shape index (κ3) is 3.89. The lowest BCUT2D eigenvalue weighted by Crippen LogP contribution is -2.41. The number of rotatable bonds is 8. The fourth-order valence-corrected chi connectivity index (χ4v) is 1.44. The molecule has 0 rings (SSSR count). The molecular formula is C10H19N3O2. The maximum absolute atomic E-state index is 9.88. The van der Waals surface area contributed by atoms with Gasteiger partial charge in [0.1, 0.15) is 12.1 Å². The van der Waals surface area contributed by atoms with E-state index in [2.05, 4.69) is 35.1 Å². The first-order chi connectivity index (χ1) is 7.12. The van der Waals surface area contributed by atoms with Gasteiger partial charge in [-0.25, -0.2) is 0 Å². The molecule has 0 unspecified atom stereocenters. The molecular weight excluding hydrogens is 194 g/mol. The largest absolute Gasteiger partial charge is 0.394 e. The van der Waals surface area contributed by atoms with E-state index in [9.17, 15) is 5.11 Å². The lowest BCUT2D eigenvalue weighted by Gasteiger charge is -2.27. The van der Waals surface area contributed by atoms with Gasteiger partial charge >= 0.3 is 0 Å². The van der Waals surface area contributed by atoms with Crippen LogP contribution in [0.5, 0.6) is 0 Å². The molecule has 0 radical (unpaired) electrons. The van der Waals surface area contributed by atoms with E-state index in [1.807, 2.05) is 6.92 Å². The van der Waals surface area contributed by atoms with Crippen LogP contribution in [0.15, 0.2) is 15.0 Å². The van der Waals surface area contributed by atoms with Crippen LogP contribution in [0.1, 0.15) is 6.92 Å². The summed E-state index contributed by atoms with van der Waals surface area (Å²) in [4.78, 5) is 11.2. The van der Waals surface area contributed by atoms with E-state index in [4.69, 9.17) is 5.11 Å². The second-order valence-corrected chi connectivity index (χ2v) is 3.48. The average Bonchev–Trinajstić information content (AvgIpc) is 2.21. The van der Waals surface area contributed by atoms with E-state index in [0.717, 1.165) is 0 Å². The lowest BCUT2D eigenvalue weighted by molar-refractivity contribution is 0.0743. The summed E-state index contributed by atoms with van der Waals surface area (Å²) in [5.41, 5.74) is 0. The van der Waals surface area contributed by atoms with Crippen LogP contribution >= 0.6 is 0 Å². The number of aliphatic imine (C=N–C) groups is 3. The van der Waals surface area contributed by atoms with Gasteiger partial charge in [-0.05, 0) is 20.2 Å². The van der Waals surface area contributed by atoms with Gasteiger partial charge in [-0.15, -0.1) is 0 Å². The summed E-state index contributed by atoms with van der Waals surface area (Å²) in [7, 11) is 0. The molecule has 0 bridgehead atoms. The maximum atomic E-state index is 9.88. The van der Waals surface area contributed by atoms with Crippen LogP contribution in [0.2, 0.25) is 0 Å². The monoisotopic (exact) mass is 213 g/mol. The van der Waals surface area contributed by atoms with Crippen molar-refractivity contribution in [2.24, 2.45) is 20.9 Å². The van der Waals surface area contributed by atoms with Gasteiger partial charge in [-0.3, -0.25) is 9.98 Å². The number of hydrogen-bond donors (Lipinski definition) is 2. The van der Waals surface area contributed by atoms with Gasteiger partial charge in [0.15, 0.2) is 0 Å². The van der Waals surface area contributed by atoms with Crippen molar-refractivity contribution in [2.45, 2.75) is 25.1 Å². The molecule has 0 aromatic heterocycles. The minimum absolute atomic E-state index is 0.00537. The Balaban J connectivity index is 4.56. The highest BCUT2D eigenvalue weighted by Crippen LogP contribution is 2.16. The zero-order valence-electron chi connectivity index (χ0n) is 9.08. The van der Waals surface area contributed by atoms with E-state index in [-0.39, 0.29) is 12.5 Å². The van der Waals surface area contributed by atoms with E-state index in [1.165, 1.54) is 0 Å². The number of nitrogens with zero attached hydrogens (tertiary/aromatic N) is 3. The van der Waals surface area contributed by atoms with Crippen molar-refractivity contribution in [3.8, 4) is 0 Å². The van der Waals surface area contributed by atoms with E-state index >= 15 is 0 Å². The second-order valence-electron chi connectivity index (χ2n) is 3.48. The number of aliphatic hydroxyl groups excluding tert-OH is 2. The van der Waals surface area contributed by atoms with Gasteiger partial charge in [0.2, 0.25) is 0 Å². The average molecular weight is 213 g/mol. The van der Waals surface area contributed by atoms with Gasteiger partial charge in [0.05, 0.1) is 12.6 Å². The molecule has 0 saturated carbocycles. The van der Waals surface area contributed by atoms with Gasteiger partial charge in [-0.1, -0.05) is 6.92 Å². The minimum atomic E-state index is -0.887. The molecule has 5 nitrogen and oxygen atoms in total. The SMILES string of the molecule is C=NC[C@@H](C)[C@@H](N=C)[C@H](O)[C@H](CO)N=C. The summed E-state index contributed by atoms with van der Waals surface area (Å²) in [5.74, 6) is 0.00537. The molecule has 0 saturated heterocycles. The van der Waals surface area contributed by atoms with Gasteiger partial charge < -0.3 is 15.2 Å². The molecule has 0 spiro atoms.